The minimum Gasteiger partial charge on any atom is -0.454 e. The summed E-state index contributed by atoms with van der Waals surface area (Å²) in [5.41, 5.74) is 4.76. The van der Waals surface area contributed by atoms with E-state index in [4.69, 9.17) is 0 Å². The van der Waals surface area contributed by atoms with E-state index in [1.807, 2.05) is 6.92 Å². The monoisotopic (exact) mass is 268 g/mol. The number of rotatable bonds is 1. The number of fused-ring (bicyclic) bond motifs is 1. The van der Waals surface area contributed by atoms with Crippen LogP contribution in [-0.4, -0.2) is 35.6 Å². The molecule has 0 saturated carbocycles. The number of hydrogen-bond acceptors (Lipinski definition) is 3. The van der Waals surface area contributed by atoms with Gasteiger partial charge in [-0.1, -0.05) is 6.92 Å². The Morgan fingerprint density at radius 3 is 2.75 bits per heavy atom. The Balaban J connectivity index is 2.06. The molecule has 3 rings (SSSR count). The summed E-state index contributed by atoms with van der Waals surface area (Å²) in [5, 5.41) is 1.26. The molecule has 1 fully saturated rings. The van der Waals surface area contributed by atoms with Crippen LogP contribution in [0.3, 0.4) is 0 Å². The molecule has 1 aromatic carbocycles. The summed E-state index contributed by atoms with van der Waals surface area (Å²) < 4.78 is 0. The molecule has 3 nitrogen and oxygen atoms in total. The van der Waals surface area contributed by atoms with E-state index in [2.05, 4.69) is 59.9 Å². The Hall–Kier alpha value is -1.61. The second-order valence-electron chi connectivity index (χ2n) is 5.91. The van der Waals surface area contributed by atoms with E-state index < -0.39 is 0 Å². The van der Waals surface area contributed by atoms with Crippen LogP contribution in [0.5, 0.6) is 0 Å². The van der Waals surface area contributed by atoms with Gasteiger partial charge in [-0.25, -0.2) is 0 Å². The van der Waals surface area contributed by atoms with E-state index in [1.165, 1.54) is 16.6 Å². The van der Waals surface area contributed by atoms with Gasteiger partial charge in [0, 0.05) is 29.9 Å². The molecule has 0 unspecified atom stereocenters. The molecule has 106 valence electrons. The molecule has 0 bridgehead atoms. The molecular weight excluding hydrogens is 246 g/mol. The van der Waals surface area contributed by atoms with E-state index >= 15 is 0 Å². The summed E-state index contributed by atoms with van der Waals surface area (Å²) in [5.74, 6) is 0. The van der Waals surface area contributed by atoms with Crippen molar-refractivity contribution >= 4 is 16.6 Å². The number of nitrogens with zero attached hydrogens (tertiary/aromatic N) is 3. The van der Waals surface area contributed by atoms with Crippen molar-refractivity contribution in [1.29, 1.82) is 0 Å². The highest BCUT2D eigenvalue weighted by Crippen LogP contribution is 2.29. The highest BCUT2D eigenvalue weighted by molar-refractivity contribution is 5.92. The lowest BCUT2D eigenvalue weighted by molar-refractivity contribution is 0.261. The van der Waals surface area contributed by atoms with Crippen molar-refractivity contribution in [2.45, 2.75) is 26.8 Å². The fraction of sp³-hybridized carbons (Fsp3) is 0.412. The van der Waals surface area contributed by atoms with Gasteiger partial charge in [0.2, 0.25) is 0 Å². The summed E-state index contributed by atoms with van der Waals surface area (Å²) >= 11 is 0. The minimum absolute atomic E-state index is 0.484. The molecule has 2 aromatic rings. The Kier molecular flexibility index (Phi) is 3.38. The number of benzene rings is 1. The zero-order chi connectivity index (χ0) is 14.3. The summed E-state index contributed by atoms with van der Waals surface area (Å²) in [7, 11) is 4.09. The number of aryl methyl sites for hydroxylation is 2. The Bertz CT molecular complexity index is 630. The summed E-state index contributed by atoms with van der Waals surface area (Å²) in [6.45, 7) is 9.49. The fourth-order valence-electron chi connectivity index (χ4n) is 2.93. The second-order valence-corrected chi connectivity index (χ2v) is 5.91. The lowest BCUT2D eigenvalue weighted by atomic mass is 10.1. The molecule has 0 aliphatic carbocycles. The van der Waals surface area contributed by atoms with Gasteiger partial charge in [-0.15, -0.1) is 0 Å². The Labute approximate surface area is 121 Å². The average molecular weight is 268 g/mol. The molecule has 0 radical (unpaired) electrons. The van der Waals surface area contributed by atoms with Gasteiger partial charge in [-0.3, -0.25) is 12.0 Å². The molecule has 1 saturated heterocycles. The van der Waals surface area contributed by atoms with Crippen molar-refractivity contribution in [3.63, 3.8) is 0 Å². The molecule has 0 spiro atoms. The summed E-state index contributed by atoms with van der Waals surface area (Å²) in [6, 6.07) is 9.24. The zero-order valence-corrected chi connectivity index (χ0v) is 12.6. The third-order valence-electron chi connectivity index (χ3n) is 4.17. The molecule has 0 amide bonds. The first-order chi connectivity index (χ1) is 9.54. The van der Waals surface area contributed by atoms with Crippen molar-refractivity contribution in [2.24, 2.45) is 0 Å². The SMILES string of the molecule is [CH2-]N1CCN(c2cc(C)cc3nc(C)ccc23)C[C@@H]1C. The van der Waals surface area contributed by atoms with Gasteiger partial charge < -0.3 is 9.80 Å². The van der Waals surface area contributed by atoms with Crippen LogP contribution in [0.25, 0.3) is 10.9 Å². The predicted octanol–water partition coefficient (Wildman–Crippen LogP) is 3.15. The molecule has 1 aliphatic rings. The van der Waals surface area contributed by atoms with Gasteiger partial charge in [-0.2, -0.15) is 0 Å². The first-order valence-corrected chi connectivity index (χ1v) is 7.24. The fourth-order valence-corrected chi connectivity index (χ4v) is 2.93. The van der Waals surface area contributed by atoms with E-state index in [1.54, 1.807) is 0 Å². The van der Waals surface area contributed by atoms with Crippen molar-refractivity contribution in [3.8, 4) is 0 Å². The highest BCUT2D eigenvalue weighted by Gasteiger charge is 2.19. The number of piperazine rings is 1. The smallest absolute Gasteiger partial charge is 0.0728 e. The Morgan fingerprint density at radius 2 is 2.00 bits per heavy atom. The molecule has 2 heterocycles. The highest BCUT2D eigenvalue weighted by atomic mass is 15.3. The van der Waals surface area contributed by atoms with Crippen molar-refractivity contribution in [2.75, 3.05) is 24.5 Å². The lowest BCUT2D eigenvalue weighted by Crippen LogP contribution is -2.49. The molecule has 1 aliphatic heterocycles. The first-order valence-electron chi connectivity index (χ1n) is 7.24. The van der Waals surface area contributed by atoms with Gasteiger partial charge in [0.25, 0.3) is 0 Å². The first kappa shape index (κ1) is 13.4. The minimum atomic E-state index is 0.484. The number of hydrogen-bond donors (Lipinski definition) is 0. The van der Waals surface area contributed by atoms with Crippen LogP contribution in [-0.2, 0) is 0 Å². The average Bonchev–Trinajstić information content (AvgIpc) is 2.40. The second kappa shape index (κ2) is 5.06. The van der Waals surface area contributed by atoms with Gasteiger partial charge in [-0.05, 0) is 56.3 Å². The van der Waals surface area contributed by atoms with Crippen LogP contribution >= 0.6 is 0 Å². The standard InChI is InChI=1S/C17H22N3/c1-12-9-16-15(6-5-13(2)18-16)17(10-12)20-8-7-19(4)14(3)11-20/h5-6,9-10,14H,4,7-8,11H2,1-3H3/q-1/t14-/m0/s1. The van der Waals surface area contributed by atoms with Crippen LogP contribution in [0.4, 0.5) is 5.69 Å². The Morgan fingerprint density at radius 1 is 1.20 bits per heavy atom. The van der Waals surface area contributed by atoms with Crippen LogP contribution in [0.15, 0.2) is 24.3 Å². The maximum atomic E-state index is 4.68. The van der Waals surface area contributed by atoms with Gasteiger partial charge >= 0.3 is 0 Å². The molecule has 3 heteroatoms. The van der Waals surface area contributed by atoms with Crippen molar-refractivity contribution < 1.29 is 0 Å². The molecular formula is C17H22N3-. The number of aromatic nitrogens is 1. The van der Waals surface area contributed by atoms with Crippen LogP contribution in [0.2, 0.25) is 0 Å². The van der Waals surface area contributed by atoms with E-state index in [-0.39, 0.29) is 0 Å². The molecule has 20 heavy (non-hydrogen) atoms. The molecule has 0 N–H and O–H groups in total. The van der Waals surface area contributed by atoms with Gasteiger partial charge in [0.15, 0.2) is 0 Å². The van der Waals surface area contributed by atoms with E-state index in [0.717, 1.165) is 30.8 Å². The van der Waals surface area contributed by atoms with E-state index in [0.29, 0.717) is 6.04 Å². The van der Waals surface area contributed by atoms with Gasteiger partial charge in [0.1, 0.15) is 0 Å². The van der Waals surface area contributed by atoms with Gasteiger partial charge in [0.05, 0.1) is 5.52 Å². The predicted molar refractivity (Wildman–Crippen MR) is 85.0 cm³/mol. The summed E-state index contributed by atoms with van der Waals surface area (Å²) in [6.07, 6.45) is 0. The van der Waals surface area contributed by atoms with Crippen molar-refractivity contribution in [3.05, 3.63) is 42.6 Å². The zero-order valence-electron chi connectivity index (χ0n) is 12.6. The van der Waals surface area contributed by atoms with Crippen LogP contribution in [0.1, 0.15) is 18.2 Å². The molecule has 1 aromatic heterocycles. The number of pyridine rings is 1. The largest absolute Gasteiger partial charge is 0.454 e. The number of anilines is 1. The van der Waals surface area contributed by atoms with Crippen LogP contribution in [0, 0.1) is 20.9 Å². The summed E-state index contributed by atoms with van der Waals surface area (Å²) in [4.78, 5) is 9.32. The topological polar surface area (TPSA) is 19.4 Å². The third-order valence-corrected chi connectivity index (χ3v) is 4.17. The lowest BCUT2D eigenvalue weighted by Gasteiger charge is -2.44. The van der Waals surface area contributed by atoms with E-state index in [9.17, 15) is 0 Å². The normalized spacial score (nSPS) is 20.6. The maximum Gasteiger partial charge on any atom is 0.0728 e. The quantitative estimate of drug-likeness (QED) is 0.741. The van der Waals surface area contributed by atoms with Crippen LogP contribution < -0.4 is 4.90 Å². The molecule has 1 atom stereocenters. The van der Waals surface area contributed by atoms with Crippen molar-refractivity contribution in [1.82, 2.24) is 9.88 Å². The maximum absolute atomic E-state index is 4.68. The third kappa shape index (κ3) is 2.38.